The van der Waals surface area contributed by atoms with E-state index in [-0.39, 0.29) is 29.0 Å². The van der Waals surface area contributed by atoms with Crippen molar-refractivity contribution in [2.24, 2.45) is 0 Å². The van der Waals surface area contributed by atoms with Gasteiger partial charge in [-0.25, -0.2) is 4.98 Å². The van der Waals surface area contributed by atoms with Crippen LogP contribution in [-0.2, 0) is 0 Å². The van der Waals surface area contributed by atoms with Crippen LogP contribution in [0.5, 0.6) is 11.5 Å². The van der Waals surface area contributed by atoms with E-state index in [9.17, 15) is 9.90 Å². The van der Waals surface area contributed by atoms with Crippen LogP contribution in [0.3, 0.4) is 0 Å². The van der Waals surface area contributed by atoms with Gasteiger partial charge in [-0.3, -0.25) is 9.89 Å². The number of hydrogen-bond donors (Lipinski definition) is 4. The first-order valence-electron chi connectivity index (χ1n) is 5.26. The molecule has 7 heteroatoms. The number of carbonyl (C=O) groups excluding carboxylic acids is 1. The van der Waals surface area contributed by atoms with Crippen LogP contribution in [-0.4, -0.2) is 31.3 Å². The predicted molar refractivity (Wildman–Crippen MR) is 62.0 cm³/mol. The van der Waals surface area contributed by atoms with Crippen molar-refractivity contribution in [3.63, 3.8) is 0 Å². The highest BCUT2D eigenvalue weighted by Crippen LogP contribution is 2.24. The number of hydrogen-bond acceptors (Lipinski definition) is 5. The van der Waals surface area contributed by atoms with E-state index in [2.05, 4.69) is 20.5 Å². The molecule has 0 aliphatic heterocycles. The van der Waals surface area contributed by atoms with Gasteiger partial charge in [0.05, 0.1) is 6.04 Å². The molecule has 2 rings (SSSR count). The van der Waals surface area contributed by atoms with E-state index in [4.69, 9.17) is 5.11 Å². The molecular weight excluding hydrogens is 236 g/mol. The lowest BCUT2D eigenvalue weighted by atomic mass is 10.1. The monoisotopic (exact) mass is 248 g/mol. The van der Waals surface area contributed by atoms with Crippen molar-refractivity contribution in [1.82, 2.24) is 20.5 Å². The fourth-order valence-corrected chi connectivity index (χ4v) is 1.44. The van der Waals surface area contributed by atoms with Crippen molar-refractivity contribution in [2.75, 3.05) is 0 Å². The van der Waals surface area contributed by atoms with Crippen molar-refractivity contribution in [2.45, 2.75) is 13.0 Å². The molecule has 4 N–H and O–H groups in total. The van der Waals surface area contributed by atoms with Gasteiger partial charge in [-0.1, -0.05) is 0 Å². The van der Waals surface area contributed by atoms with Gasteiger partial charge in [-0.2, -0.15) is 5.10 Å². The lowest BCUT2D eigenvalue weighted by molar-refractivity contribution is 0.0938. The zero-order valence-corrected chi connectivity index (χ0v) is 9.58. The van der Waals surface area contributed by atoms with Crippen molar-refractivity contribution in [1.29, 1.82) is 0 Å². The molecule has 0 spiro atoms. The maximum Gasteiger partial charge on any atom is 0.251 e. The molecule has 1 unspecified atom stereocenters. The van der Waals surface area contributed by atoms with Gasteiger partial charge < -0.3 is 15.5 Å². The smallest absolute Gasteiger partial charge is 0.251 e. The van der Waals surface area contributed by atoms with E-state index in [0.717, 1.165) is 0 Å². The highest BCUT2D eigenvalue weighted by molar-refractivity contribution is 5.95. The Bertz CT molecular complexity index is 553. The van der Waals surface area contributed by atoms with Gasteiger partial charge in [-0.15, -0.1) is 0 Å². The summed E-state index contributed by atoms with van der Waals surface area (Å²) in [5.74, 6) is -0.453. The second kappa shape index (κ2) is 4.74. The molecule has 1 amide bonds. The number of nitrogens with zero attached hydrogens (tertiary/aromatic N) is 2. The van der Waals surface area contributed by atoms with E-state index in [1.54, 1.807) is 6.92 Å². The minimum atomic E-state index is -0.380. The van der Waals surface area contributed by atoms with Crippen LogP contribution in [0.1, 0.15) is 29.1 Å². The summed E-state index contributed by atoms with van der Waals surface area (Å²) in [6, 6.07) is 3.52. The van der Waals surface area contributed by atoms with Crippen molar-refractivity contribution >= 4 is 5.91 Å². The molecule has 2 aromatic rings. The van der Waals surface area contributed by atoms with Crippen LogP contribution < -0.4 is 5.32 Å². The third-order valence-corrected chi connectivity index (χ3v) is 2.43. The SMILES string of the molecule is CC(NC(=O)c1ccc(O)c(O)c1)c1ncn[nH]1. The minimum absolute atomic E-state index is 0.247. The fourth-order valence-electron chi connectivity index (χ4n) is 1.44. The summed E-state index contributed by atoms with van der Waals surface area (Å²) in [5, 5.41) is 27.5. The first kappa shape index (κ1) is 11.9. The summed E-state index contributed by atoms with van der Waals surface area (Å²) >= 11 is 0. The Hall–Kier alpha value is -2.57. The minimum Gasteiger partial charge on any atom is -0.504 e. The lowest BCUT2D eigenvalue weighted by Gasteiger charge is -2.11. The number of nitrogens with one attached hydrogen (secondary N) is 2. The van der Waals surface area contributed by atoms with Gasteiger partial charge >= 0.3 is 0 Å². The third kappa shape index (κ3) is 2.40. The van der Waals surface area contributed by atoms with Crippen LogP contribution in [0.4, 0.5) is 0 Å². The molecule has 0 aliphatic carbocycles. The van der Waals surface area contributed by atoms with E-state index >= 15 is 0 Å². The van der Waals surface area contributed by atoms with Gasteiger partial charge in [0.15, 0.2) is 11.5 Å². The molecule has 1 aromatic heterocycles. The van der Waals surface area contributed by atoms with E-state index in [0.29, 0.717) is 5.82 Å². The highest BCUT2D eigenvalue weighted by atomic mass is 16.3. The molecule has 0 saturated heterocycles. The summed E-state index contributed by atoms with van der Waals surface area (Å²) < 4.78 is 0. The number of aromatic amines is 1. The van der Waals surface area contributed by atoms with Crippen LogP contribution in [0.15, 0.2) is 24.5 Å². The quantitative estimate of drug-likeness (QED) is 0.598. The number of carbonyl (C=O) groups is 1. The normalized spacial score (nSPS) is 12.1. The lowest BCUT2D eigenvalue weighted by Crippen LogP contribution is -2.27. The summed E-state index contributed by atoms with van der Waals surface area (Å²) in [6.07, 6.45) is 1.35. The first-order chi connectivity index (χ1) is 8.58. The third-order valence-electron chi connectivity index (χ3n) is 2.43. The largest absolute Gasteiger partial charge is 0.504 e. The Morgan fingerprint density at radius 3 is 2.78 bits per heavy atom. The summed E-state index contributed by atoms with van der Waals surface area (Å²) in [6.45, 7) is 1.75. The predicted octanol–water partition coefficient (Wildman–Crippen LogP) is 0.707. The number of phenols is 2. The van der Waals surface area contributed by atoms with Crippen molar-refractivity contribution in [3.8, 4) is 11.5 Å². The van der Waals surface area contributed by atoms with Crippen LogP contribution in [0.2, 0.25) is 0 Å². The zero-order chi connectivity index (χ0) is 13.1. The summed E-state index contributed by atoms with van der Waals surface area (Å²) in [5.41, 5.74) is 0.247. The van der Waals surface area contributed by atoms with Crippen LogP contribution in [0.25, 0.3) is 0 Å². The Morgan fingerprint density at radius 1 is 1.39 bits per heavy atom. The highest BCUT2D eigenvalue weighted by Gasteiger charge is 2.14. The van der Waals surface area contributed by atoms with E-state index < -0.39 is 0 Å². The topological polar surface area (TPSA) is 111 Å². The molecule has 94 valence electrons. The van der Waals surface area contributed by atoms with Crippen molar-refractivity contribution < 1.29 is 15.0 Å². The Kier molecular flexibility index (Phi) is 3.13. The molecule has 1 aromatic carbocycles. The van der Waals surface area contributed by atoms with Crippen molar-refractivity contribution in [3.05, 3.63) is 35.9 Å². The van der Waals surface area contributed by atoms with E-state index in [1.807, 2.05) is 0 Å². The Labute approximate surface area is 103 Å². The second-order valence-electron chi connectivity index (χ2n) is 3.77. The number of aromatic hydroxyl groups is 2. The van der Waals surface area contributed by atoms with Gasteiger partial charge in [0.25, 0.3) is 5.91 Å². The average molecular weight is 248 g/mol. The molecule has 1 atom stereocenters. The van der Waals surface area contributed by atoms with Gasteiger partial charge in [0.2, 0.25) is 0 Å². The molecule has 18 heavy (non-hydrogen) atoms. The molecule has 0 radical (unpaired) electrons. The number of amides is 1. The standard InChI is InChI=1S/C11H12N4O3/c1-6(10-12-5-13-15-10)14-11(18)7-2-3-8(16)9(17)4-7/h2-6,16-17H,1H3,(H,14,18)(H,12,13,15). The molecule has 0 bridgehead atoms. The molecule has 0 fully saturated rings. The van der Waals surface area contributed by atoms with Crippen LogP contribution in [0, 0.1) is 0 Å². The fraction of sp³-hybridized carbons (Fsp3) is 0.182. The van der Waals surface area contributed by atoms with Gasteiger partial charge in [-0.05, 0) is 25.1 Å². The average Bonchev–Trinajstić information content (AvgIpc) is 2.86. The second-order valence-corrected chi connectivity index (χ2v) is 3.77. The van der Waals surface area contributed by atoms with Gasteiger partial charge in [0.1, 0.15) is 12.2 Å². The maximum atomic E-state index is 11.8. The van der Waals surface area contributed by atoms with E-state index in [1.165, 1.54) is 24.5 Å². The number of benzene rings is 1. The first-order valence-corrected chi connectivity index (χ1v) is 5.26. The van der Waals surface area contributed by atoms with Gasteiger partial charge in [0, 0.05) is 5.56 Å². The number of aromatic nitrogens is 3. The molecule has 7 nitrogen and oxygen atoms in total. The number of rotatable bonds is 3. The molecule has 1 heterocycles. The zero-order valence-electron chi connectivity index (χ0n) is 9.58. The Morgan fingerprint density at radius 2 is 2.17 bits per heavy atom. The molecule has 0 aliphatic rings. The number of H-pyrrole nitrogens is 1. The summed E-state index contributed by atoms with van der Waals surface area (Å²) in [7, 11) is 0. The molecule has 0 saturated carbocycles. The maximum absolute atomic E-state index is 11.8. The van der Waals surface area contributed by atoms with Crippen LogP contribution >= 0.6 is 0 Å². The number of phenolic OH excluding ortho intramolecular Hbond substituents is 2. The molecular formula is C11H12N4O3. The summed E-state index contributed by atoms with van der Waals surface area (Å²) in [4.78, 5) is 15.8. The Balaban J connectivity index is 2.10.